The van der Waals surface area contributed by atoms with Crippen molar-refractivity contribution in [1.82, 2.24) is 24.6 Å². The maximum absolute atomic E-state index is 14.6. The molecular formula is C23H21F3N6O2. The van der Waals surface area contributed by atoms with Gasteiger partial charge in [-0.1, -0.05) is 6.07 Å². The van der Waals surface area contributed by atoms with Crippen molar-refractivity contribution >= 4 is 22.6 Å². The maximum atomic E-state index is 14.6. The molecule has 0 aliphatic carbocycles. The molecule has 0 aliphatic heterocycles. The number of benzene rings is 2. The van der Waals surface area contributed by atoms with Crippen LogP contribution >= 0.6 is 0 Å². The Morgan fingerprint density at radius 1 is 1.06 bits per heavy atom. The number of fused-ring (bicyclic) bond motifs is 1. The fourth-order valence-electron chi connectivity index (χ4n) is 3.73. The second-order valence-corrected chi connectivity index (χ2v) is 7.71. The number of carbonyl (C=O) groups is 1. The molecule has 0 bridgehead atoms. The van der Waals surface area contributed by atoms with Crippen molar-refractivity contribution < 1.29 is 18.0 Å². The summed E-state index contributed by atoms with van der Waals surface area (Å²) in [6, 6.07) is 6.12. The van der Waals surface area contributed by atoms with E-state index < -0.39 is 28.9 Å². The van der Waals surface area contributed by atoms with Crippen LogP contribution in [0.1, 0.15) is 27.2 Å². The van der Waals surface area contributed by atoms with E-state index in [1.54, 1.807) is 21.0 Å². The lowest BCUT2D eigenvalue weighted by Crippen LogP contribution is -2.30. The number of carbonyl (C=O) groups excluding carboxylic acids is 1. The molecule has 2 aromatic heterocycles. The van der Waals surface area contributed by atoms with Crippen LogP contribution in [0.2, 0.25) is 0 Å². The van der Waals surface area contributed by atoms with Gasteiger partial charge in [0.15, 0.2) is 11.6 Å². The summed E-state index contributed by atoms with van der Waals surface area (Å²) < 4.78 is 44.1. The number of anilines is 1. The molecule has 2 heterocycles. The minimum absolute atomic E-state index is 0.0627. The van der Waals surface area contributed by atoms with Crippen LogP contribution in [0.15, 0.2) is 41.5 Å². The van der Waals surface area contributed by atoms with E-state index in [0.717, 1.165) is 12.1 Å². The summed E-state index contributed by atoms with van der Waals surface area (Å²) in [5.74, 6) is -2.75. The van der Waals surface area contributed by atoms with E-state index in [0.29, 0.717) is 28.0 Å². The molecule has 0 aliphatic rings. The lowest BCUT2D eigenvalue weighted by Gasteiger charge is -2.09. The first-order valence-electron chi connectivity index (χ1n) is 10.3. The number of halogens is 3. The number of nitrogens with zero attached hydrogens (tertiary/aromatic N) is 4. The van der Waals surface area contributed by atoms with Gasteiger partial charge < -0.3 is 10.6 Å². The molecule has 4 rings (SSSR count). The van der Waals surface area contributed by atoms with Gasteiger partial charge in [0.1, 0.15) is 23.5 Å². The van der Waals surface area contributed by atoms with Gasteiger partial charge in [0.25, 0.3) is 11.5 Å². The predicted octanol–water partition coefficient (Wildman–Crippen LogP) is 2.88. The topological polar surface area (TPSA) is 93.8 Å². The van der Waals surface area contributed by atoms with Crippen LogP contribution in [0.3, 0.4) is 0 Å². The molecule has 2 aromatic carbocycles. The first-order chi connectivity index (χ1) is 16.2. The van der Waals surface area contributed by atoms with E-state index >= 15 is 0 Å². The molecule has 1 amide bonds. The maximum Gasteiger partial charge on any atom is 0.280 e. The molecule has 0 unspecified atom stereocenters. The Morgan fingerprint density at radius 3 is 2.53 bits per heavy atom. The van der Waals surface area contributed by atoms with Crippen molar-refractivity contribution in [2.45, 2.75) is 20.0 Å². The molecule has 4 aromatic rings. The van der Waals surface area contributed by atoms with Crippen LogP contribution in [0.25, 0.3) is 10.9 Å². The van der Waals surface area contributed by atoms with E-state index in [9.17, 15) is 22.8 Å². The number of hydrogen-bond donors (Lipinski definition) is 2. The van der Waals surface area contributed by atoms with Gasteiger partial charge in [-0.05, 0) is 30.7 Å². The molecule has 0 saturated heterocycles. The predicted molar refractivity (Wildman–Crippen MR) is 120 cm³/mol. The van der Waals surface area contributed by atoms with Crippen molar-refractivity contribution in [3.63, 3.8) is 0 Å². The molecule has 2 N–H and O–H groups in total. The fraction of sp³-hybridized carbons (Fsp3) is 0.217. The van der Waals surface area contributed by atoms with Gasteiger partial charge in [0.05, 0.1) is 12.1 Å². The van der Waals surface area contributed by atoms with Gasteiger partial charge in [-0.25, -0.2) is 27.8 Å². The smallest absolute Gasteiger partial charge is 0.280 e. The summed E-state index contributed by atoms with van der Waals surface area (Å²) >= 11 is 0. The highest BCUT2D eigenvalue weighted by Crippen LogP contribution is 2.22. The Labute approximate surface area is 192 Å². The normalized spacial score (nSPS) is 11.1. The number of hydrogen-bond acceptors (Lipinski definition) is 5. The minimum Gasteiger partial charge on any atom is -0.373 e. The van der Waals surface area contributed by atoms with Gasteiger partial charge in [-0.3, -0.25) is 14.3 Å². The molecule has 0 fully saturated rings. The first-order valence-corrected chi connectivity index (χ1v) is 10.3. The summed E-state index contributed by atoms with van der Waals surface area (Å²) in [5.41, 5.74) is 0.607. The molecule has 0 atom stereocenters. The molecule has 176 valence electrons. The molecular weight excluding hydrogens is 449 g/mol. The number of aromatic nitrogens is 4. The Bertz CT molecular complexity index is 1480. The monoisotopic (exact) mass is 470 g/mol. The van der Waals surface area contributed by atoms with E-state index in [-0.39, 0.29) is 24.2 Å². The van der Waals surface area contributed by atoms with Gasteiger partial charge in [0.2, 0.25) is 0 Å². The number of rotatable bonds is 6. The van der Waals surface area contributed by atoms with Crippen molar-refractivity contribution in [3.8, 4) is 0 Å². The largest absolute Gasteiger partial charge is 0.373 e. The zero-order chi connectivity index (χ0) is 24.6. The zero-order valence-corrected chi connectivity index (χ0v) is 18.6. The Morgan fingerprint density at radius 2 is 1.82 bits per heavy atom. The zero-order valence-electron chi connectivity index (χ0n) is 18.6. The average molecular weight is 470 g/mol. The van der Waals surface area contributed by atoms with Crippen LogP contribution in [-0.4, -0.2) is 32.3 Å². The van der Waals surface area contributed by atoms with E-state index in [4.69, 9.17) is 0 Å². The van der Waals surface area contributed by atoms with E-state index in [1.807, 2.05) is 0 Å². The number of amides is 1. The summed E-state index contributed by atoms with van der Waals surface area (Å²) in [6.45, 7) is 1.35. The van der Waals surface area contributed by atoms with Crippen LogP contribution in [-0.2, 0) is 20.1 Å². The van der Waals surface area contributed by atoms with Crippen LogP contribution < -0.4 is 16.2 Å². The lowest BCUT2D eigenvalue weighted by atomic mass is 10.1. The molecule has 8 nitrogen and oxygen atoms in total. The average Bonchev–Trinajstić information content (AvgIpc) is 3.02. The van der Waals surface area contributed by atoms with Gasteiger partial charge in [-0.15, -0.1) is 0 Å². The van der Waals surface area contributed by atoms with Gasteiger partial charge in [0, 0.05) is 43.4 Å². The van der Waals surface area contributed by atoms with Gasteiger partial charge in [-0.2, -0.15) is 0 Å². The van der Waals surface area contributed by atoms with Crippen molar-refractivity contribution in [2.24, 2.45) is 7.05 Å². The summed E-state index contributed by atoms with van der Waals surface area (Å²) in [7, 11) is 3.26. The lowest BCUT2D eigenvalue weighted by molar-refractivity contribution is 0.0948. The highest BCUT2D eigenvalue weighted by molar-refractivity contribution is 5.95. The first kappa shape index (κ1) is 23.0. The Hall–Kier alpha value is -4.15. The van der Waals surface area contributed by atoms with Crippen LogP contribution in [0, 0.1) is 24.4 Å². The molecule has 34 heavy (non-hydrogen) atoms. The summed E-state index contributed by atoms with van der Waals surface area (Å²) in [4.78, 5) is 34.0. The van der Waals surface area contributed by atoms with Crippen LogP contribution in [0.4, 0.5) is 19.0 Å². The number of nitrogens with one attached hydrogen (secondary N) is 2. The quantitative estimate of drug-likeness (QED) is 0.452. The van der Waals surface area contributed by atoms with Gasteiger partial charge >= 0.3 is 0 Å². The third-order valence-corrected chi connectivity index (χ3v) is 5.68. The second kappa shape index (κ2) is 9.00. The molecule has 0 radical (unpaired) electrons. The second-order valence-electron chi connectivity index (χ2n) is 7.71. The Kier molecular flexibility index (Phi) is 6.10. The Balaban J connectivity index is 1.59. The van der Waals surface area contributed by atoms with E-state index in [1.165, 1.54) is 33.9 Å². The third kappa shape index (κ3) is 4.12. The van der Waals surface area contributed by atoms with Crippen molar-refractivity contribution in [3.05, 3.63) is 86.8 Å². The van der Waals surface area contributed by atoms with E-state index in [2.05, 4.69) is 20.6 Å². The molecule has 11 heteroatoms. The summed E-state index contributed by atoms with van der Waals surface area (Å²) in [5, 5.41) is 6.07. The summed E-state index contributed by atoms with van der Waals surface area (Å²) in [6.07, 6.45) is 1.32. The highest BCUT2D eigenvalue weighted by atomic mass is 19.2. The molecule has 0 saturated carbocycles. The minimum atomic E-state index is -1.03. The highest BCUT2D eigenvalue weighted by Gasteiger charge is 2.22. The van der Waals surface area contributed by atoms with Crippen molar-refractivity contribution in [2.75, 3.05) is 12.4 Å². The standard InChI is InChI=1S/C23H21F3N6O2/c1-12-20(23(34)32(31(12)3)10-13-4-5-16(24)18(26)6-13)22(33)28-9-14-7-15-19(8-17(14)25)29-11-30-21(15)27-2/h4-8,11H,9-10H2,1-3H3,(H,28,33)(H,27,29,30). The molecule has 0 spiro atoms. The third-order valence-electron chi connectivity index (χ3n) is 5.68. The van der Waals surface area contributed by atoms with Crippen LogP contribution in [0.5, 0.6) is 0 Å². The SMILES string of the molecule is CNc1ncnc2cc(F)c(CNC(=O)c3c(C)n(C)n(Cc4ccc(F)c(F)c4)c3=O)cc12. The van der Waals surface area contributed by atoms with Crippen molar-refractivity contribution in [1.29, 1.82) is 0 Å². The fourth-order valence-corrected chi connectivity index (χ4v) is 3.73.